The zero-order valence-corrected chi connectivity index (χ0v) is 26.3. The number of fused-ring (bicyclic) bond motifs is 2. The molecule has 2 saturated carbocycles. The third kappa shape index (κ3) is 6.07. The van der Waals surface area contributed by atoms with Crippen molar-refractivity contribution >= 4 is 5.91 Å². The Morgan fingerprint density at radius 1 is 0.977 bits per heavy atom. The smallest absolute Gasteiger partial charge is 0.248 e. The molecule has 2 N–H and O–H groups in total. The highest BCUT2D eigenvalue weighted by molar-refractivity contribution is 5.79. The fourth-order valence-corrected chi connectivity index (χ4v) is 9.49. The molecule has 7 nitrogen and oxygen atoms in total. The van der Waals surface area contributed by atoms with Gasteiger partial charge in [-0.3, -0.25) is 9.69 Å². The summed E-state index contributed by atoms with van der Waals surface area (Å²) in [6.07, 6.45) is 11.7. The number of rotatable bonds is 9. The van der Waals surface area contributed by atoms with Crippen molar-refractivity contribution in [3.63, 3.8) is 0 Å². The van der Waals surface area contributed by atoms with Crippen LogP contribution in [0.5, 0.6) is 0 Å². The molecule has 5 aliphatic rings. The van der Waals surface area contributed by atoms with Crippen LogP contribution in [0.4, 0.5) is 8.78 Å². The third-order valence-electron chi connectivity index (χ3n) is 12.0. The van der Waals surface area contributed by atoms with Gasteiger partial charge in [0, 0.05) is 55.8 Å². The highest BCUT2D eigenvalue weighted by Crippen LogP contribution is 2.56. The number of benzene rings is 1. The van der Waals surface area contributed by atoms with Crippen LogP contribution in [0.3, 0.4) is 0 Å². The van der Waals surface area contributed by atoms with Crippen LogP contribution in [-0.4, -0.2) is 63.2 Å². The highest BCUT2D eigenvalue weighted by atomic mass is 19.3. The Labute approximate surface area is 260 Å². The first-order chi connectivity index (χ1) is 21.3. The van der Waals surface area contributed by atoms with Gasteiger partial charge in [0.05, 0.1) is 6.04 Å². The molecule has 3 atom stereocenters. The Bertz CT molecular complexity index is 1260. The predicted octanol–water partition coefficient (Wildman–Crippen LogP) is 6.33. The first-order valence-corrected chi connectivity index (χ1v) is 17.5. The van der Waals surface area contributed by atoms with Crippen molar-refractivity contribution in [1.29, 1.82) is 0 Å². The van der Waals surface area contributed by atoms with Gasteiger partial charge in [0.2, 0.25) is 11.8 Å². The van der Waals surface area contributed by atoms with E-state index in [-0.39, 0.29) is 43.6 Å². The SMILES string of the molecule is CCc1nnc(C2CC3(CCNCC3)C2)n1C1CC2CCC(C1)N2CC[C@H](NC(=O)C1CCC(F)(F)CC1)c1ccccc1. The Hall–Kier alpha value is -2.39. The average Bonchev–Trinajstić information content (AvgIpc) is 3.55. The van der Waals surface area contributed by atoms with E-state index >= 15 is 0 Å². The number of aromatic nitrogens is 3. The van der Waals surface area contributed by atoms with Gasteiger partial charge in [0.1, 0.15) is 11.6 Å². The molecule has 2 unspecified atom stereocenters. The fraction of sp³-hybridized carbons (Fsp3) is 0.743. The largest absolute Gasteiger partial charge is 0.349 e. The second-order valence-electron chi connectivity index (χ2n) is 14.7. The molecule has 2 bridgehead atoms. The first kappa shape index (κ1) is 30.3. The van der Waals surface area contributed by atoms with Crippen LogP contribution < -0.4 is 10.6 Å². The average molecular weight is 609 g/mol. The number of hydrogen-bond donors (Lipinski definition) is 2. The minimum absolute atomic E-state index is 0.0643. The van der Waals surface area contributed by atoms with Crippen molar-refractivity contribution in [3.05, 3.63) is 47.5 Å². The molecular formula is C35H50F2N6O. The van der Waals surface area contributed by atoms with Crippen molar-refractivity contribution < 1.29 is 13.6 Å². The summed E-state index contributed by atoms with van der Waals surface area (Å²) in [5, 5.41) is 16.3. The predicted molar refractivity (Wildman–Crippen MR) is 167 cm³/mol. The minimum Gasteiger partial charge on any atom is -0.349 e. The molecule has 44 heavy (non-hydrogen) atoms. The van der Waals surface area contributed by atoms with Crippen LogP contribution in [0.1, 0.15) is 126 Å². The molecule has 5 fully saturated rings. The van der Waals surface area contributed by atoms with Crippen LogP contribution in [0.2, 0.25) is 0 Å². The van der Waals surface area contributed by atoms with Gasteiger partial charge in [-0.1, -0.05) is 37.3 Å². The molecule has 3 aliphatic heterocycles. The van der Waals surface area contributed by atoms with E-state index in [0.717, 1.165) is 56.7 Å². The number of halogens is 2. The van der Waals surface area contributed by atoms with E-state index < -0.39 is 5.92 Å². The minimum atomic E-state index is -2.63. The van der Waals surface area contributed by atoms with E-state index in [1.807, 2.05) is 18.2 Å². The summed E-state index contributed by atoms with van der Waals surface area (Å²) in [5.41, 5.74) is 1.62. The lowest BCUT2D eigenvalue weighted by molar-refractivity contribution is -0.130. The Balaban J connectivity index is 1.01. The summed E-state index contributed by atoms with van der Waals surface area (Å²) in [6, 6.07) is 11.6. The molecule has 0 radical (unpaired) electrons. The number of hydrogen-bond acceptors (Lipinski definition) is 5. The zero-order valence-electron chi connectivity index (χ0n) is 26.3. The number of piperidine rings is 2. The van der Waals surface area contributed by atoms with E-state index in [9.17, 15) is 13.6 Å². The summed E-state index contributed by atoms with van der Waals surface area (Å²) >= 11 is 0. The molecule has 1 aromatic heterocycles. The quantitative estimate of drug-likeness (QED) is 0.348. The monoisotopic (exact) mass is 608 g/mol. The number of nitrogens with one attached hydrogen (secondary N) is 2. The molecule has 1 amide bonds. The van der Waals surface area contributed by atoms with Crippen molar-refractivity contribution in [2.75, 3.05) is 19.6 Å². The van der Waals surface area contributed by atoms with Crippen LogP contribution in [0.25, 0.3) is 0 Å². The number of alkyl halides is 2. The maximum atomic E-state index is 13.7. The number of aryl methyl sites for hydroxylation is 1. The summed E-state index contributed by atoms with van der Waals surface area (Å²) in [6.45, 7) is 5.44. The molecule has 240 valence electrons. The lowest BCUT2D eigenvalue weighted by Crippen LogP contribution is -2.47. The maximum absolute atomic E-state index is 13.7. The fourth-order valence-electron chi connectivity index (χ4n) is 9.49. The molecule has 1 aromatic carbocycles. The third-order valence-corrected chi connectivity index (χ3v) is 12.0. The van der Waals surface area contributed by atoms with E-state index in [0.29, 0.717) is 29.5 Å². The highest BCUT2D eigenvalue weighted by Gasteiger charge is 2.49. The zero-order chi connectivity index (χ0) is 30.3. The topological polar surface area (TPSA) is 75.1 Å². The van der Waals surface area contributed by atoms with E-state index in [4.69, 9.17) is 10.2 Å². The summed E-state index contributed by atoms with van der Waals surface area (Å²) < 4.78 is 30.1. The van der Waals surface area contributed by atoms with Crippen LogP contribution in [0.15, 0.2) is 30.3 Å². The summed E-state index contributed by atoms with van der Waals surface area (Å²) in [7, 11) is 0. The Kier molecular flexibility index (Phi) is 8.55. The van der Waals surface area contributed by atoms with Crippen molar-refractivity contribution in [3.8, 4) is 0 Å². The van der Waals surface area contributed by atoms with Crippen LogP contribution in [0, 0.1) is 11.3 Å². The van der Waals surface area contributed by atoms with Gasteiger partial charge in [0.15, 0.2) is 0 Å². The van der Waals surface area contributed by atoms with Crippen molar-refractivity contribution in [2.45, 2.75) is 133 Å². The lowest BCUT2D eigenvalue weighted by Gasteiger charge is -2.50. The number of carbonyl (C=O) groups is 1. The normalized spacial score (nSPS) is 29.4. The number of carbonyl (C=O) groups excluding carboxylic acids is 1. The molecule has 2 aliphatic carbocycles. The second-order valence-corrected chi connectivity index (χ2v) is 14.7. The van der Waals surface area contributed by atoms with Crippen LogP contribution in [-0.2, 0) is 11.2 Å². The van der Waals surface area contributed by atoms with Gasteiger partial charge in [-0.05, 0) is 94.7 Å². The molecule has 4 heterocycles. The van der Waals surface area contributed by atoms with Crippen molar-refractivity contribution in [1.82, 2.24) is 30.3 Å². The summed E-state index contributed by atoms with van der Waals surface area (Å²) in [5.74, 6) is -0.0706. The second kappa shape index (κ2) is 12.4. The van der Waals surface area contributed by atoms with Gasteiger partial charge in [0.25, 0.3) is 0 Å². The molecule has 2 aromatic rings. The van der Waals surface area contributed by atoms with Gasteiger partial charge in [-0.15, -0.1) is 10.2 Å². The Morgan fingerprint density at radius 2 is 1.66 bits per heavy atom. The van der Waals surface area contributed by atoms with E-state index in [1.165, 1.54) is 44.3 Å². The maximum Gasteiger partial charge on any atom is 0.248 e. The van der Waals surface area contributed by atoms with Crippen molar-refractivity contribution in [2.24, 2.45) is 11.3 Å². The van der Waals surface area contributed by atoms with E-state index in [2.05, 4.69) is 39.2 Å². The van der Waals surface area contributed by atoms with Gasteiger partial charge in [-0.25, -0.2) is 8.78 Å². The van der Waals surface area contributed by atoms with Gasteiger partial charge in [-0.2, -0.15) is 0 Å². The van der Waals surface area contributed by atoms with Crippen LogP contribution >= 0.6 is 0 Å². The molecule has 1 spiro atoms. The molecule has 7 rings (SSSR count). The molecular weight excluding hydrogens is 558 g/mol. The number of nitrogens with zero attached hydrogens (tertiary/aromatic N) is 4. The lowest BCUT2D eigenvalue weighted by atomic mass is 9.57. The molecule has 9 heteroatoms. The first-order valence-electron chi connectivity index (χ1n) is 17.5. The van der Waals surface area contributed by atoms with E-state index in [1.54, 1.807) is 0 Å². The Morgan fingerprint density at radius 3 is 2.32 bits per heavy atom. The number of amides is 1. The molecule has 3 saturated heterocycles. The van der Waals surface area contributed by atoms with Gasteiger partial charge >= 0.3 is 0 Å². The summed E-state index contributed by atoms with van der Waals surface area (Å²) in [4.78, 5) is 16.0. The standard InChI is InChI=1S/C35H50F2N6O/c1-2-31-40-41-32(26-22-34(23-26)15-17-38-18-16-34)43(31)29-20-27-8-9-28(21-29)42(27)19-12-30(24-6-4-3-5-7-24)39-33(44)25-10-13-35(36,37)14-11-25/h3-7,25-30,38H,2,8-23H2,1H3,(H,39,44)/t27?,28?,29?,30-/m0/s1. The van der Waals surface area contributed by atoms with Gasteiger partial charge < -0.3 is 15.2 Å².